The van der Waals surface area contributed by atoms with Crippen molar-refractivity contribution in [1.82, 2.24) is 0 Å². The minimum absolute atomic E-state index is 0.0983. The first-order valence-electron chi connectivity index (χ1n) is 5.50. The fraction of sp³-hybridized carbons (Fsp3) is 0. The topological polar surface area (TPSA) is 49.7 Å². The molecule has 0 fully saturated rings. The molecule has 0 saturated carbocycles. The van der Waals surface area contributed by atoms with Crippen molar-refractivity contribution < 1.29 is 23.1 Å². The number of rotatable bonds is 3. The first-order chi connectivity index (χ1) is 9.49. The monoisotopic (exact) mass is 279 g/mol. The van der Waals surface area contributed by atoms with E-state index in [1.807, 2.05) is 0 Å². The fourth-order valence-corrected chi connectivity index (χ4v) is 1.47. The van der Waals surface area contributed by atoms with E-state index in [1.165, 1.54) is 30.5 Å². The number of nitrogens with zero attached hydrogens (tertiary/aromatic N) is 1. The number of carboxylic acid groups (broad SMARTS) is 1. The molecule has 0 aromatic heterocycles. The van der Waals surface area contributed by atoms with E-state index < -0.39 is 23.4 Å². The van der Waals surface area contributed by atoms with Gasteiger partial charge in [-0.05, 0) is 29.8 Å². The van der Waals surface area contributed by atoms with Crippen molar-refractivity contribution in [2.75, 3.05) is 0 Å². The van der Waals surface area contributed by atoms with Crippen molar-refractivity contribution in [3.63, 3.8) is 0 Å². The molecule has 0 aliphatic carbocycles. The van der Waals surface area contributed by atoms with Crippen LogP contribution in [0.1, 0.15) is 15.9 Å². The van der Waals surface area contributed by atoms with Gasteiger partial charge in [0.25, 0.3) is 0 Å². The fourth-order valence-electron chi connectivity index (χ4n) is 1.47. The van der Waals surface area contributed by atoms with Crippen LogP contribution in [0.3, 0.4) is 0 Å². The third kappa shape index (κ3) is 2.85. The molecule has 102 valence electrons. The van der Waals surface area contributed by atoms with Crippen LogP contribution in [0.25, 0.3) is 0 Å². The lowest BCUT2D eigenvalue weighted by Gasteiger charge is -1.99. The highest BCUT2D eigenvalue weighted by Gasteiger charge is 2.12. The summed E-state index contributed by atoms with van der Waals surface area (Å²) < 4.78 is 39.0. The molecule has 1 N–H and O–H groups in total. The number of carbonyl (C=O) groups is 1. The molecule has 0 unspecified atom stereocenters. The van der Waals surface area contributed by atoms with Gasteiger partial charge in [-0.3, -0.25) is 4.99 Å². The van der Waals surface area contributed by atoms with Crippen molar-refractivity contribution in [2.24, 2.45) is 4.99 Å². The largest absolute Gasteiger partial charge is 0.478 e. The zero-order valence-corrected chi connectivity index (χ0v) is 9.98. The van der Waals surface area contributed by atoms with Crippen LogP contribution in [-0.2, 0) is 0 Å². The summed E-state index contributed by atoms with van der Waals surface area (Å²) >= 11 is 0. The zero-order valence-electron chi connectivity index (χ0n) is 9.98. The van der Waals surface area contributed by atoms with Crippen molar-refractivity contribution >= 4 is 17.9 Å². The standard InChI is InChI=1S/C14H8F3NO2/c15-10-5-6-11(13(17)12(10)16)18-7-8-1-3-9(4-2-8)14(19)20/h1-7H,(H,19,20). The number of hydrogen-bond acceptors (Lipinski definition) is 2. The molecule has 0 bridgehead atoms. The summed E-state index contributed by atoms with van der Waals surface area (Å²) in [5.74, 6) is -5.31. The maximum atomic E-state index is 13.3. The number of aliphatic imine (C=N–C) groups is 1. The van der Waals surface area contributed by atoms with Crippen LogP contribution in [0, 0.1) is 17.5 Å². The molecule has 0 spiro atoms. The number of halogens is 3. The van der Waals surface area contributed by atoms with E-state index in [-0.39, 0.29) is 11.3 Å². The summed E-state index contributed by atoms with van der Waals surface area (Å²) in [6.07, 6.45) is 1.22. The highest BCUT2D eigenvalue weighted by Crippen LogP contribution is 2.22. The summed E-state index contributed by atoms with van der Waals surface area (Å²) in [4.78, 5) is 14.3. The van der Waals surface area contributed by atoms with Gasteiger partial charge in [0.1, 0.15) is 5.69 Å². The molecular formula is C14H8F3NO2. The molecule has 6 heteroatoms. The van der Waals surface area contributed by atoms with Gasteiger partial charge in [0.2, 0.25) is 0 Å². The van der Waals surface area contributed by atoms with Gasteiger partial charge in [-0.2, -0.15) is 0 Å². The molecule has 3 nitrogen and oxygen atoms in total. The second kappa shape index (κ2) is 5.56. The highest BCUT2D eigenvalue weighted by atomic mass is 19.2. The Hall–Kier alpha value is -2.63. The molecule has 0 amide bonds. The molecule has 2 aromatic rings. The first kappa shape index (κ1) is 13.8. The van der Waals surface area contributed by atoms with E-state index >= 15 is 0 Å². The summed E-state index contributed by atoms with van der Waals surface area (Å²) in [5.41, 5.74) is 0.256. The zero-order chi connectivity index (χ0) is 14.7. The Morgan fingerprint density at radius 3 is 2.25 bits per heavy atom. The van der Waals surface area contributed by atoms with Crippen molar-refractivity contribution in [3.05, 3.63) is 65.0 Å². The molecule has 0 heterocycles. The molecule has 0 aliphatic heterocycles. The lowest BCUT2D eigenvalue weighted by atomic mass is 10.1. The molecule has 2 aromatic carbocycles. The smallest absolute Gasteiger partial charge is 0.335 e. The number of aromatic carboxylic acids is 1. The Balaban J connectivity index is 2.25. The molecule has 2 rings (SSSR count). The van der Waals surface area contributed by atoms with E-state index in [0.29, 0.717) is 5.56 Å². The summed E-state index contributed by atoms with van der Waals surface area (Å²) in [6.45, 7) is 0. The van der Waals surface area contributed by atoms with Crippen molar-refractivity contribution in [1.29, 1.82) is 0 Å². The molecule has 0 radical (unpaired) electrons. The summed E-state index contributed by atoms with van der Waals surface area (Å²) in [6, 6.07) is 7.42. The number of hydrogen-bond donors (Lipinski definition) is 1. The van der Waals surface area contributed by atoms with Crippen LogP contribution in [-0.4, -0.2) is 17.3 Å². The lowest BCUT2D eigenvalue weighted by molar-refractivity contribution is 0.0697. The Labute approximate surface area is 112 Å². The SMILES string of the molecule is O=C(O)c1ccc(C=Nc2ccc(F)c(F)c2F)cc1. The van der Waals surface area contributed by atoms with E-state index in [4.69, 9.17) is 5.11 Å². The van der Waals surface area contributed by atoms with Gasteiger partial charge < -0.3 is 5.11 Å². The van der Waals surface area contributed by atoms with Crippen molar-refractivity contribution in [3.8, 4) is 0 Å². The summed E-state index contributed by atoms with van der Waals surface area (Å²) in [5, 5.41) is 8.72. The van der Waals surface area contributed by atoms with Crippen molar-refractivity contribution in [2.45, 2.75) is 0 Å². The van der Waals surface area contributed by atoms with Gasteiger partial charge >= 0.3 is 5.97 Å². The van der Waals surface area contributed by atoms with Gasteiger partial charge in [0, 0.05) is 6.21 Å². The van der Waals surface area contributed by atoms with Crippen LogP contribution in [0.15, 0.2) is 41.4 Å². The third-order valence-electron chi connectivity index (χ3n) is 2.53. The summed E-state index contributed by atoms with van der Waals surface area (Å²) in [7, 11) is 0. The molecule has 0 saturated heterocycles. The van der Waals surface area contributed by atoms with Gasteiger partial charge in [0.15, 0.2) is 17.5 Å². The maximum Gasteiger partial charge on any atom is 0.335 e. The predicted molar refractivity (Wildman–Crippen MR) is 67.0 cm³/mol. The lowest BCUT2D eigenvalue weighted by Crippen LogP contribution is -1.95. The van der Waals surface area contributed by atoms with E-state index in [0.717, 1.165) is 12.1 Å². The Morgan fingerprint density at radius 1 is 1.00 bits per heavy atom. The van der Waals surface area contributed by atoms with Crippen LogP contribution in [0.4, 0.5) is 18.9 Å². The minimum atomic E-state index is -1.58. The quantitative estimate of drug-likeness (QED) is 0.690. The maximum absolute atomic E-state index is 13.3. The highest BCUT2D eigenvalue weighted by molar-refractivity contribution is 5.89. The van der Waals surface area contributed by atoms with E-state index in [9.17, 15) is 18.0 Å². The minimum Gasteiger partial charge on any atom is -0.478 e. The average Bonchev–Trinajstić information content (AvgIpc) is 2.44. The van der Waals surface area contributed by atoms with Crippen LogP contribution >= 0.6 is 0 Å². The Bertz CT molecular complexity index is 682. The first-order valence-corrected chi connectivity index (χ1v) is 5.50. The van der Waals surface area contributed by atoms with E-state index in [1.54, 1.807) is 0 Å². The number of carboxylic acids is 1. The van der Waals surface area contributed by atoms with Gasteiger partial charge in [-0.25, -0.2) is 18.0 Å². The van der Waals surface area contributed by atoms with Crippen LogP contribution in [0.5, 0.6) is 0 Å². The van der Waals surface area contributed by atoms with E-state index in [2.05, 4.69) is 4.99 Å². The third-order valence-corrected chi connectivity index (χ3v) is 2.53. The second-order valence-electron chi connectivity index (χ2n) is 3.88. The molecule has 20 heavy (non-hydrogen) atoms. The Morgan fingerprint density at radius 2 is 1.65 bits per heavy atom. The van der Waals surface area contributed by atoms with Crippen LogP contribution < -0.4 is 0 Å². The van der Waals surface area contributed by atoms with Gasteiger partial charge in [0.05, 0.1) is 5.56 Å². The number of benzene rings is 2. The average molecular weight is 279 g/mol. The molecule has 0 atom stereocenters. The van der Waals surface area contributed by atoms with Gasteiger partial charge in [-0.1, -0.05) is 12.1 Å². The molecule has 0 aliphatic rings. The predicted octanol–water partition coefficient (Wildman–Crippen LogP) is 3.55. The normalized spacial score (nSPS) is 10.9. The van der Waals surface area contributed by atoms with Gasteiger partial charge in [-0.15, -0.1) is 0 Å². The Kier molecular flexibility index (Phi) is 3.84. The molecular weight excluding hydrogens is 271 g/mol. The second-order valence-corrected chi connectivity index (χ2v) is 3.88. The van der Waals surface area contributed by atoms with Crippen LogP contribution in [0.2, 0.25) is 0 Å².